The number of nitrogens with two attached hydrogens (primary N) is 1. The van der Waals surface area contributed by atoms with Crippen molar-refractivity contribution in [1.82, 2.24) is 0 Å². The Labute approximate surface area is 222 Å². The van der Waals surface area contributed by atoms with Gasteiger partial charge in [0.15, 0.2) is 21.4 Å². The van der Waals surface area contributed by atoms with Crippen molar-refractivity contribution < 1.29 is 44.6 Å². The molecule has 0 aliphatic heterocycles. The molecule has 0 saturated carbocycles. The molecular weight excluding hydrogens is 549 g/mol. The Kier molecular flexibility index (Phi) is 10.6. The normalized spacial score (nSPS) is 13.6. The Bertz CT molecular complexity index is 1280. The van der Waals surface area contributed by atoms with Crippen LogP contribution < -0.4 is 14.8 Å². The second kappa shape index (κ2) is 12.8. The van der Waals surface area contributed by atoms with Crippen molar-refractivity contribution in [3.63, 3.8) is 0 Å². The summed E-state index contributed by atoms with van der Waals surface area (Å²) in [5.74, 6) is -2.98. The Morgan fingerprint density at radius 2 is 1.87 bits per heavy atom. The van der Waals surface area contributed by atoms with E-state index in [9.17, 15) is 30.8 Å². The largest absolute Gasteiger partial charge is 0.755 e. The second-order valence-corrected chi connectivity index (χ2v) is 12.4. The van der Waals surface area contributed by atoms with Crippen LogP contribution in [0.1, 0.15) is 49.5 Å². The van der Waals surface area contributed by atoms with E-state index in [1.165, 1.54) is 31.2 Å². The number of esters is 1. The molecule has 0 heterocycles. The van der Waals surface area contributed by atoms with Gasteiger partial charge in [0, 0.05) is 35.5 Å². The first-order valence-corrected chi connectivity index (χ1v) is 14.2. The Morgan fingerprint density at radius 1 is 1.21 bits per heavy atom. The fraction of sp³-hybridized carbons (Fsp3) is 0.458. The molecule has 2 N–H and O–H groups in total. The highest BCUT2D eigenvalue weighted by Crippen LogP contribution is 2.36. The number of hydrogen-bond donors (Lipinski definition) is 1. The second-order valence-electron chi connectivity index (χ2n) is 9.27. The summed E-state index contributed by atoms with van der Waals surface area (Å²) in [7, 11) is -4.32. The van der Waals surface area contributed by atoms with Gasteiger partial charge in [0.1, 0.15) is 11.4 Å². The van der Waals surface area contributed by atoms with Crippen molar-refractivity contribution in [2.75, 3.05) is 29.0 Å². The van der Waals surface area contributed by atoms with E-state index in [4.69, 9.17) is 15.2 Å². The smallest absolute Gasteiger partial charge is 0.341 e. The summed E-state index contributed by atoms with van der Waals surface area (Å²) in [4.78, 5) is 12.6. The number of sulfone groups is 1. The van der Waals surface area contributed by atoms with Crippen molar-refractivity contribution in [1.29, 1.82) is 0 Å². The van der Waals surface area contributed by atoms with Gasteiger partial charge in [-0.2, -0.15) is 0 Å². The number of hydrogen-bond acceptors (Lipinski definition) is 8. The van der Waals surface area contributed by atoms with Gasteiger partial charge in [0.2, 0.25) is 5.50 Å². The number of nitrogen functional groups attached to an aromatic ring is 1. The lowest BCUT2D eigenvalue weighted by Gasteiger charge is -2.28. The van der Waals surface area contributed by atoms with Gasteiger partial charge in [-0.3, -0.25) is 12.9 Å². The highest BCUT2D eigenvalue weighted by atomic mass is 32.2. The lowest BCUT2D eigenvalue weighted by Crippen LogP contribution is -2.31. The number of alkyl halides is 2. The van der Waals surface area contributed by atoms with E-state index in [1.807, 2.05) is 0 Å². The fourth-order valence-electron chi connectivity index (χ4n) is 3.37. The molecule has 38 heavy (non-hydrogen) atoms. The molecule has 0 amide bonds. The predicted octanol–water partition coefficient (Wildman–Crippen LogP) is 4.52. The Morgan fingerprint density at radius 3 is 2.45 bits per heavy atom. The van der Waals surface area contributed by atoms with E-state index in [-0.39, 0.29) is 22.6 Å². The summed E-state index contributed by atoms with van der Waals surface area (Å²) in [5.41, 5.74) is 2.51. The number of rotatable bonds is 12. The number of carbonyl (C=O) groups excluding carboxylic acids is 1. The van der Waals surface area contributed by atoms with E-state index >= 15 is 4.39 Å². The summed E-state index contributed by atoms with van der Waals surface area (Å²) in [6.45, 7) is 4.87. The monoisotopic (exact) mass is 579 g/mol. The van der Waals surface area contributed by atoms with Crippen LogP contribution in [0.4, 0.5) is 24.5 Å². The van der Waals surface area contributed by atoms with Crippen molar-refractivity contribution >= 4 is 38.4 Å². The minimum atomic E-state index is -4.32. The van der Waals surface area contributed by atoms with Gasteiger partial charge < -0.3 is 19.8 Å². The highest BCUT2D eigenvalue weighted by Gasteiger charge is 2.27. The van der Waals surface area contributed by atoms with Gasteiger partial charge >= 0.3 is 5.97 Å². The molecule has 2 aromatic rings. The third-order valence-corrected chi connectivity index (χ3v) is 7.79. The summed E-state index contributed by atoms with van der Waals surface area (Å²) in [6.07, 6.45) is -1.20. The van der Waals surface area contributed by atoms with Crippen LogP contribution in [0.3, 0.4) is 0 Å². The third kappa shape index (κ3) is 8.08. The zero-order chi connectivity index (χ0) is 28.8. The lowest BCUT2D eigenvalue weighted by atomic mass is 10.0. The molecule has 2 aromatic carbocycles. The molecule has 2 unspecified atom stereocenters. The molecule has 0 aromatic heterocycles. The van der Waals surface area contributed by atoms with E-state index in [1.54, 1.807) is 20.8 Å². The maximum Gasteiger partial charge on any atom is 0.341 e. The summed E-state index contributed by atoms with van der Waals surface area (Å²) in [5, 5.41) is 0. The number of anilines is 2. The first kappa shape index (κ1) is 31.4. The predicted molar refractivity (Wildman–Crippen MR) is 137 cm³/mol. The van der Waals surface area contributed by atoms with Crippen LogP contribution >= 0.6 is 0 Å². The minimum absolute atomic E-state index is 0.0132. The molecule has 14 heteroatoms. The number of halogens is 3. The summed E-state index contributed by atoms with van der Waals surface area (Å²) in [6, 6.07) is 6.33. The zero-order valence-electron chi connectivity index (χ0n) is 21.3. The molecule has 0 radical (unpaired) electrons. The topological polar surface area (TPSA) is 139 Å². The lowest BCUT2D eigenvalue weighted by molar-refractivity contribution is 0.00696. The van der Waals surface area contributed by atoms with Crippen molar-refractivity contribution in [3.05, 3.63) is 47.3 Å². The van der Waals surface area contributed by atoms with Crippen LogP contribution in [0.25, 0.3) is 0 Å². The average Bonchev–Trinajstić information content (AvgIpc) is 2.80. The average molecular weight is 580 g/mol. The van der Waals surface area contributed by atoms with Crippen LogP contribution in [0.2, 0.25) is 0 Å². The maximum absolute atomic E-state index is 15.4. The zero-order valence-corrected chi connectivity index (χ0v) is 23.0. The molecule has 0 aliphatic rings. The molecule has 9 nitrogen and oxygen atoms in total. The molecular formula is C24H30F3N2O7S2-. The standard InChI is InChI=1S/C24H31F3N2O7S2/c1-15-18(10-9-16(28)21(15)23(30)36-24(2,3)4)35-19-8-5-7-17(22(19)27)29(37(31)32)13-11-20(26)38(33,34)14-6-12-25/h5,7-10,20H,6,11-14,28H2,1-4H3,(H,31,32)/p-1. The van der Waals surface area contributed by atoms with Crippen LogP contribution in [0.15, 0.2) is 30.3 Å². The minimum Gasteiger partial charge on any atom is -0.755 e. The molecule has 0 spiro atoms. The van der Waals surface area contributed by atoms with Gasteiger partial charge in [0.05, 0.1) is 23.7 Å². The summed E-state index contributed by atoms with van der Waals surface area (Å²) < 4.78 is 101. The van der Waals surface area contributed by atoms with E-state index in [0.717, 1.165) is 6.07 Å². The van der Waals surface area contributed by atoms with Crippen molar-refractivity contribution in [3.8, 4) is 11.5 Å². The molecule has 0 bridgehead atoms. The van der Waals surface area contributed by atoms with Gasteiger partial charge in [-0.25, -0.2) is 22.0 Å². The van der Waals surface area contributed by atoms with Gasteiger partial charge in [-0.1, -0.05) is 6.07 Å². The molecule has 2 rings (SSSR count). The quantitative estimate of drug-likeness (QED) is 0.220. The van der Waals surface area contributed by atoms with Crippen LogP contribution in [-0.2, 0) is 25.8 Å². The summed E-state index contributed by atoms with van der Waals surface area (Å²) >= 11 is -3.11. The van der Waals surface area contributed by atoms with E-state index in [2.05, 4.69) is 0 Å². The first-order valence-electron chi connectivity index (χ1n) is 11.5. The van der Waals surface area contributed by atoms with Gasteiger partial charge in [-0.05, 0) is 58.4 Å². The maximum atomic E-state index is 15.4. The first-order chi connectivity index (χ1) is 17.6. The van der Waals surface area contributed by atoms with E-state index in [0.29, 0.717) is 4.31 Å². The molecule has 212 valence electrons. The number of carbonyl (C=O) groups is 1. The van der Waals surface area contributed by atoms with Crippen molar-refractivity contribution in [2.45, 2.75) is 51.6 Å². The SMILES string of the molecule is Cc1c(Oc2cccc(N(CCC(F)S(=O)(=O)CCCF)S(=O)[O-])c2F)ccc(N)c1C(=O)OC(C)(C)C. The third-order valence-electron chi connectivity index (χ3n) is 5.17. The Balaban J connectivity index is 2.35. The Hall–Kier alpha value is -2.84. The molecule has 0 fully saturated rings. The fourth-order valence-corrected chi connectivity index (χ4v) is 5.16. The molecule has 0 aliphatic carbocycles. The van der Waals surface area contributed by atoms with Crippen LogP contribution in [0.5, 0.6) is 11.5 Å². The van der Waals surface area contributed by atoms with Gasteiger partial charge in [0.25, 0.3) is 0 Å². The molecule has 0 saturated heterocycles. The van der Waals surface area contributed by atoms with E-state index < -0.39 is 87.2 Å². The number of nitrogens with zero attached hydrogens (tertiary/aromatic N) is 1. The number of ether oxygens (including phenoxy) is 2. The van der Waals surface area contributed by atoms with Gasteiger partial charge in [-0.15, -0.1) is 0 Å². The highest BCUT2D eigenvalue weighted by molar-refractivity contribution is 7.91. The van der Waals surface area contributed by atoms with Crippen LogP contribution in [-0.4, -0.2) is 53.2 Å². The number of benzene rings is 2. The van der Waals surface area contributed by atoms with Crippen molar-refractivity contribution in [2.24, 2.45) is 0 Å². The van der Waals surface area contributed by atoms with Crippen LogP contribution in [0, 0.1) is 12.7 Å². The molecule has 2 atom stereocenters.